The summed E-state index contributed by atoms with van der Waals surface area (Å²) in [6.45, 7) is 3.16. The molecule has 244 valence electrons. The van der Waals surface area contributed by atoms with Crippen LogP contribution in [-0.2, 0) is 39.9 Å². The van der Waals surface area contributed by atoms with Crippen molar-refractivity contribution >= 4 is 11.9 Å². The second-order valence-corrected chi connectivity index (χ2v) is 10.8. The van der Waals surface area contributed by atoms with Crippen molar-refractivity contribution in [2.24, 2.45) is 0 Å². The van der Waals surface area contributed by atoms with E-state index in [1.165, 1.54) is 18.7 Å². The van der Waals surface area contributed by atoms with E-state index in [9.17, 15) is 40.2 Å². The van der Waals surface area contributed by atoms with Crippen LogP contribution in [0, 0.1) is 0 Å². The molecule has 0 aromatic heterocycles. The van der Waals surface area contributed by atoms with Gasteiger partial charge in [0.1, 0.15) is 43.2 Å². The summed E-state index contributed by atoms with van der Waals surface area (Å²) >= 11 is 0. The summed E-state index contributed by atoms with van der Waals surface area (Å²) in [5.74, 6) is -0.636. The highest BCUT2D eigenvalue weighted by atomic mass is 16.7. The van der Waals surface area contributed by atoms with Crippen molar-refractivity contribution in [1.29, 1.82) is 0 Å². The average molecular weight is 616 g/mol. The van der Waals surface area contributed by atoms with E-state index in [0.29, 0.717) is 12.8 Å². The number of hydrogen-bond acceptors (Lipinski definition) is 13. The zero-order chi connectivity index (χ0) is 31.5. The van der Waals surface area contributed by atoms with Gasteiger partial charge >= 0.3 is 5.97 Å². The lowest BCUT2D eigenvalue weighted by Crippen LogP contribution is -2.57. The van der Waals surface area contributed by atoms with Crippen LogP contribution in [0.1, 0.15) is 45.1 Å². The standard InChI is InChI=1S/C29H45NO13/c1-17-22(33)24(35)26(37)28(42-17)39-14-12-30(13-15-40-29-27(38)25(36)23(34)18(2)43-29)20(31)10-6-7-11-21(32)41-16-19-8-4-3-5-9-19/h3-5,8-9,17-18,22-29,33-38H,6-7,10-16H2,1-2H3/t17-,18-,22+,23+,24+,25+,26-,27-,28+,29+/m0/s1. The van der Waals surface area contributed by atoms with E-state index in [1.807, 2.05) is 30.3 Å². The van der Waals surface area contributed by atoms with Crippen LogP contribution in [0.5, 0.6) is 0 Å². The summed E-state index contributed by atoms with van der Waals surface area (Å²) in [4.78, 5) is 26.6. The van der Waals surface area contributed by atoms with Gasteiger partial charge in [-0.05, 0) is 32.3 Å². The van der Waals surface area contributed by atoms with Gasteiger partial charge in [-0.3, -0.25) is 9.59 Å². The number of unbranched alkanes of at least 4 members (excludes halogenated alkanes) is 1. The maximum atomic E-state index is 13.1. The lowest BCUT2D eigenvalue weighted by Gasteiger charge is -2.39. The summed E-state index contributed by atoms with van der Waals surface area (Å²) in [7, 11) is 0. The number of esters is 1. The smallest absolute Gasteiger partial charge is 0.306 e. The summed E-state index contributed by atoms with van der Waals surface area (Å²) in [6.07, 6.45) is -11.4. The molecule has 2 fully saturated rings. The first-order valence-corrected chi connectivity index (χ1v) is 14.6. The van der Waals surface area contributed by atoms with Gasteiger partial charge < -0.3 is 59.2 Å². The molecule has 0 radical (unpaired) electrons. The molecule has 2 aliphatic heterocycles. The minimum absolute atomic E-state index is 0.0484. The molecule has 1 aromatic rings. The minimum Gasteiger partial charge on any atom is -0.461 e. The minimum atomic E-state index is -1.49. The molecule has 6 N–H and O–H groups in total. The number of ether oxygens (including phenoxy) is 5. The van der Waals surface area contributed by atoms with Gasteiger partial charge in [0.2, 0.25) is 5.91 Å². The molecule has 1 aromatic carbocycles. The van der Waals surface area contributed by atoms with Gasteiger partial charge in [0.05, 0.1) is 25.4 Å². The zero-order valence-corrected chi connectivity index (χ0v) is 24.5. The fourth-order valence-corrected chi connectivity index (χ4v) is 4.74. The molecule has 0 aliphatic carbocycles. The molecular formula is C29H45NO13. The fraction of sp³-hybridized carbons (Fsp3) is 0.724. The number of amides is 1. The van der Waals surface area contributed by atoms with Crippen LogP contribution >= 0.6 is 0 Å². The SMILES string of the molecule is C[C@@H]1O[C@@H](OCCN(CCO[C@@H]2O[C@@H](C)[C@@H](O)[C@@H](O)[C@@H]2O)C(=O)CCCCC(=O)OCc2ccccc2)[C@@H](O)[C@H](O)[C@@H]1O. The Bertz CT molecular complexity index is 944. The molecule has 10 atom stereocenters. The number of benzene rings is 1. The molecule has 0 spiro atoms. The van der Waals surface area contributed by atoms with Crippen molar-refractivity contribution < 1.29 is 63.9 Å². The van der Waals surface area contributed by atoms with Gasteiger partial charge in [-0.25, -0.2) is 0 Å². The molecular weight excluding hydrogens is 570 g/mol. The Morgan fingerprint density at radius 2 is 1.21 bits per heavy atom. The molecule has 2 saturated heterocycles. The van der Waals surface area contributed by atoms with Gasteiger partial charge in [-0.1, -0.05) is 30.3 Å². The number of hydrogen-bond donors (Lipinski definition) is 6. The highest BCUT2D eigenvalue weighted by molar-refractivity contribution is 5.76. The summed E-state index contributed by atoms with van der Waals surface area (Å²) < 4.78 is 27.3. The summed E-state index contributed by atoms with van der Waals surface area (Å²) in [5, 5.41) is 60.1. The molecule has 43 heavy (non-hydrogen) atoms. The van der Waals surface area contributed by atoms with Crippen molar-refractivity contribution in [2.75, 3.05) is 26.3 Å². The fourth-order valence-electron chi connectivity index (χ4n) is 4.74. The molecule has 2 heterocycles. The molecule has 3 rings (SSSR count). The number of rotatable bonds is 15. The normalized spacial score (nSPS) is 32.7. The van der Waals surface area contributed by atoms with Crippen molar-refractivity contribution in [3.63, 3.8) is 0 Å². The van der Waals surface area contributed by atoms with E-state index in [2.05, 4.69) is 0 Å². The van der Waals surface area contributed by atoms with Crippen LogP contribution in [0.3, 0.4) is 0 Å². The molecule has 0 saturated carbocycles. The Morgan fingerprint density at radius 3 is 1.72 bits per heavy atom. The molecule has 14 heteroatoms. The van der Waals surface area contributed by atoms with Crippen molar-refractivity contribution in [3.05, 3.63) is 35.9 Å². The van der Waals surface area contributed by atoms with Crippen LogP contribution < -0.4 is 0 Å². The van der Waals surface area contributed by atoms with Crippen LogP contribution in [-0.4, -0.2) is 135 Å². The first-order chi connectivity index (χ1) is 20.5. The molecule has 2 aliphatic rings. The maximum Gasteiger partial charge on any atom is 0.306 e. The summed E-state index contributed by atoms with van der Waals surface area (Å²) in [5.41, 5.74) is 0.878. The lowest BCUT2D eigenvalue weighted by atomic mass is 10.0. The van der Waals surface area contributed by atoms with E-state index in [-0.39, 0.29) is 57.6 Å². The highest BCUT2D eigenvalue weighted by Gasteiger charge is 2.43. The maximum absolute atomic E-state index is 13.1. The van der Waals surface area contributed by atoms with E-state index >= 15 is 0 Å². The van der Waals surface area contributed by atoms with Gasteiger partial charge in [0.25, 0.3) is 0 Å². The third kappa shape index (κ3) is 10.4. The van der Waals surface area contributed by atoms with Crippen molar-refractivity contribution in [3.8, 4) is 0 Å². The van der Waals surface area contributed by atoms with Crippen LogP contribution in [0.2, 0.25) is 0 Å². The summed E-state index contributed by atoms with van der Waals surface area (Å²) in [6, 6.07) is 9.29. The van der Waals surface area contributed by atoms with Crippen molar-refractivity contribution in [2.45, 2.75) is 108 Å². The molecule has 0 bridgehead atoms. The topological polar surface area (TPSA) is 205 Å². The Kier molecular flexibility index (Phi) is 14.2. The van der Waals surface area contributed by atoms with Crippen LogP contribution in [0.25, 0.3) is 0 Å². The molecule has 1 amide bonds. The third-order valence-electron chi connectivity index (χ3n) is 7.52. The monoisotopic (exact) mass is 615 g/mol. The van der Waals surface area contributed by atoms with Gasteiger partial charge in [0.15, 0.2) is 12.6 Å². The first-order valence-electron chi connectivity index (χ1n) is 14.6. The van der Waals surface area contributed by atoms with E-state index in [0.717, 1.165) is 5.56 Å². The Balaban J connectivity index is 1.47. The molecule has 14 nitrogen and oxygen atoms in total. The number of carbonyl (C=O) groups excluding carboxylic acids is 2. The van der Waals surface area contributed by atoms with E-state index in [1.54, 1.807) is 0 Å². The predicted molar refractivity (Wildman–Crippen MR) is 148 cm³/mol. The largest absolute Gasteiger partial charge is 0.461 e. The first kappa shape index (κ1) is 35.2. The van der Waals surface area contributed by atoms with Gasteiger partial charge in [-0.15, -0.1) is 0 Å². The number of nitrogens with zero attached hydrogens (tertiary/aromatic N) is 1. The van der Waals surface area contributed by atoms with Gasteiger partial charge in [-0.2, -0.15) is 0 Å². The Hall–Kier alpha value is -2.24. The number of aliphatic hydroxyl groups is 6. The van der Waals surface area contributed by atoms with E-state index in [4.69, 9.17) is 23.7 Å². The number of carbonyl (C=O) groups is 2. The van der Waals surface area contributed by atoms with Crippen LogP contribution in [0.4, 0.5) is 0 Å². The second kappa shape index (κ2) is 17.3. The zero-order valence-electron chi connectivity index (χ0n) is 24.5. The Morgan fingerprint density at radius 1 is 0.721 bits per heavy atom. The number of aliphatic hydroxyl groups excluding tert-OH is 6. The second-order valence-electron chi connectivity index (χ2n) is 10.8. The van der Waals surface area contributed by atoms with Crippen molar-refractivity contribution in [1.82, 2.24) is 4.90 Å². The average Bonchev–Trinajstić information content (AvgIpc) is 3.00. The molecule has 0 unspecified atom stereocenters. The van der Waals surface area contributed by atoms with E-state index < -0.39 is 61.4 Å². The quantitative estimate of drug-likeness (QED) is 0.102. The lowest BCUT2D eigenvalue weighted by molar-refractivity contribution is -0.295. The predicted octanol–water partition coefficient (Wildman–Crippen LogP) is -1.19. The van der Waals surface area contributed by atoms with Crippen LogP contribution in [0.15, 0.2) is 30.3 Å². The highest BCUT2D eigenvalue weighted by Crippen LogP contribution is 2.23. The third-order valence-corrected chi connectivity index (χ3v) is 7.52. The Labute approximate surface area is 250 Å². The van der Waals surface area contributed by atoms with Gasteiger partial charge in [0, 0.05) is 25.9 Å².